The van der Waals surface area contributed by atoms with Crippen molar-refractivity contribution in [1.29, 1.82) is 0 Å². The van der Waals surface area contributed by atoms with Gasteiger partial charge in [-0.25, -0.2) is 0 Å². The molecule has 2 unspecified atom stereocenters. The lowest BCUT2D eigenvalue weighted by atomic mass is 9.88. The molecule has 0 radical (unpaired) electrons. The molecule has 0 spiro atoms. The van der Waals surface area contributed by atoms with Crippen molar-refractivity contribution in [3.05, 3.63) is 0 Å². The maximum absolute atomic E-state index is 12.2. The number of esters is 1. The average molecular weight is 310 g/mol. The summed E-state index contributed by atoms with van der Waals surface area (Å²) in [5.41, 5.74) is -0.358. The number of carbonyl (C=O) groups is 2. The van der Waals surface area contributed by atoms with Crippen LogP contribution in [0.2, 0.25) is 0 Å². The monoisotopic (exact) mass is 310 g/mol. The molecule has 0 bridgehead atoms. The maximum atomic E-state index is 12.2. The Balaban J connectivity index is 1.91. The molecule has 2 fully saturated rings. The molecule has 2 atom stereocenters. The first-order valence-corrected chi connectivity index (χ1v) is 8.41. The Labute approximate surface area is 133 Å². The van der Waals surface area contributed by atoms with E-state index in [0.29, 0.717) is 18.4 Å². The van der Waals surface area contributed by atoms with Gasteiger partial charge >= 0.3 is 5.97 Å². The van der Waals surface area contributed by atoms with E-state index in [4.69, 9.17) is 4.74 Å². The molecule has 0 aromatic rings. The van der Waals surface area contributed by atoms with Crippen LogP contribution in [0.3, 0.4) is 0 Å². The predicted molar refractivity (Wildman–Crippen MR) is 85.3 cm³/mol. The van der Waals surface area contributed by atoms with Crippen molar-refractivity contribution in [1.82, 2.24) is 10.2 Å². The Kier molecular flexibility index (Phi) is 5.48. The number of methoxy groups -OCH3 is 1. The second-order valence-electron chi connectivity index (χ2n) is 7.82. The largest absolute Gasteiger partial charge is 0.469 e. The van der Waals surface area contributed by atoms with Crippen LogP contribution in [0, 0.1) is 11.3 Å². The van der Waals surface area contributed by atoms with Gasteiger partial charge in [-0.2, -0.15) is 0 Å². The summed E-state index contributed by atoms with van der Waals surface area (Å²) in [6, 6.07) is 0.888. The summed E-state index contributed by atoms with van der Waals surface area (Å²) in [5.74, 6) is 0.430. The molecule has 1 aliphatic heterocycles. The average Bonchev–Trinajstić information content (AvgIpc) is 3.28. The molecule has 1 saturated heterocycles. The summed E-state index contributed by atoms with van der Waals surface area (Å²) in [7, 11) is 1.44. The molecular formula is C17H30N2O3. The normalized spacial score (nSPS) is 26.5. The fourth-order valence-corrected chi connectivity index (χ4v) is 3.12. The molecule has 22 heavy (non-hydrogen) atoms. The third-order valence-corrected chi connectivity index (χ3v) is 4.63. The SMILES string of the molecule is COC(=O)CCC1CC(NC(=O)C(C)(C)C)CN(C2CC2)C1. The number of hydrogen-bond acceptors (Lipinski definition) is 4. The van der Waals surface area contributed by atoms with Gasteiger partial charge in [0.1, 0.15) is 0 Å². The summed E-state index contributed by atoms with van der Waals surface area (Å²) >= 11 is 0. The smallest absolute Gasteiger partial charge is 0.305 e. The van der Waals surface area contributed by atoms with Crippen LogP contribution in [0.5, 0.6) is 0 Å². The van der Waals surface area contributed by atoms with E-state index < -0.39 is 0 Å². The molecule has 2 aliphatic rings. The minimum atomic E-state index is -0.358. The third kappa shape index (κ3) is 4.97. The molecular weight excluding hydrogens is 280 g/mol. The van der Waals surface area contributed by atoms with E-state index in [0.717, 1.165) is 25.9 Å². The van der Waals surface area contributed by atoms with E-state index >= 15 is 0 Å². The third-order valence-electron chi connectivity index (χ3n) is 4.63. The zero-order valence-electron chi connectivity index (χ0n) is 14.4. The van der Waals surface area contributed by atoms with E-state index in [2.05, 4.69) is 10.2 Å². The highest BCUT2D eigenvalue weighted by Crippen LogP contribution is 2.32. The Hall–Kier alpha value is -1.10. The van der Waals surface area contributed by atoms with Gasteiger partial charge in [0.05, 0.1) is 7.11 Å². The minimum absolute atomic E-state index is 0.113. The number of nitrogens with one attached hydrogen (secondary N) is 1. The van der Waals surface area contributed by atoms with Gasteiger partial charge in [0.2, 0.25) is 5.91 Å². The standard InChI is InChI=1S/C17H30N2O3/c1-17(2,3)16(21)18-13-9-12(5-8-15(20)22-4)10-19(11-13)14-6-7-14/h12-14H,5-11H2,1-4H3,(H,18,21). The highest BCUT2D eigenvalue weighted by Gasteiger charge is 2.37. The number of piperidine rings is 1. The van der Waals surface area contributed by atoms with E-state index in [9.17, 15) is 9.59 Å². The first-order valence-electron chi connectivity index (χ1n) is 8.41. The van der Waals surface area contributed by atoms with Gasteiger partial charge in [-0.05, 0) is 31.6 Å². The Morgan fingerprint density at radius 1 is 1.23 bits per heavy atom. The predicted octanol–water partition coefficient (Wildman–Crippen LogP) is 1.95. The van der Waals surface area contributed by atoms with E-state index in [1.165, 1.54) is 20.0 Å². The molecule has 1 saturated carbocycles. The van der Waals surface area contributed by atoms with Crippen LogP contribution in [-0.2, 0) is 14.3 Å². The first kappa shape index (κ1) is 17.3. The summed E-state index contributed by atoms with van der Waals surface area (Å²) in [5, 5.41) is 3.21. The van der Waals surface area contributed by atoms with E-state index in [1.807, 2.05) is 20.8 Å². The van der Waals surface area contributed by atoms with Crippen molar-refractivity contribution >= 4 is 11.9 Å². The summed E-state index contributed by atoms with van der Waals surface area (Å²) < 4.78 is 4.74. The number of amides is 1. The van der Waals surface area contributed by atoms with Crippen molar-refractivity contribution < 1.29 is 14.3 Å². The molecule has 5 nitrogen and oxygen atoms in total. The van der Waals surface area contributed by atoms with Crippen LogP contribution in [0.15, 0.2) is 0 Å². The molecule has 1 amide bonds. The molecule has 1 heterocycles. The molecule has 5 heteroatoms. The van der Waals surface area contributed by atoms with Crippen LogP contribution in [0.4, 0.5) is 0 Å². The fraction of sp³-hybridized carbons (Fsp3) is 0.882. The molecule has 0 aromatic heterocycles. The quantitative estimate of drug-likeness (QED) is 0.789. The van der Waals surface area contributed by atoms with Crippen molar-refractivity contribution in [3.63, 3.8) is 0 Å². The van der Waals surface area contributed by atoms with Gasteiger partial charge in [-0.15, -0.1) is 0 Å². The van der Waals surface area contributed by atoms with Gasteiger partial charge < -0.3 is 10.1 Å². The number of hydrogen-bond donors (Lipinski definition) is 1. The van der Waals surface area contributed by atoms with Crippen LogP contribution >= 0.6 is 0 Å². The number of nitrogens with zero attached hydrogens (tertiary/aromatic N) is 1. The van der Waals surface area contributed by atoms with Crippen LogP contribution in [-0.4, -0.2) is 49.1 Å². The maximum Gasteiger partial charge on any atom is 0.305 e. The van der Waals surface area contributed by atoms with Crippen LogP contribution in [0.25, 0.3) is 0 Å². The zero-order chi connectivity index (χ0) is 16.3. The van der Waals surface area contributed by atoms with Gasteiger partial charge in [0.25, 0.3) is 0 Å². The summed E-state index contributed by atoms with van der Waals surface area (Å²) in [6.07, 6.45) is 4.81. The topological polar surface area (TPSA) is 58.6 Å². The van der Waals surface area contributed by atoms with Crippen molar-refractivity contribution in [3.8, 4) is 0 Å². The Bertz CT molecular complexity index is 413. The zero-order valence-corrected chi connectivity index (χ0v) is 14.4. The molecule has 1 N–H and O–H groups in total. The summed E-state index contributed by atoms with van der Waals surface area (Å²) in [6.45, 7) is 7.82. The van der Waals surface area contributed by atoms with Crippen LogP contribution in [0.1, 0.15) is 52.9 Å². The summed E-state index contributed by atoms with van der Waals surface area (Å²) in [4.78, 5) is 26.1. The van der Waals surface area contributed by atoms with E-state index in [-0.39, 0.29) is 23.3 Å². The van der Waals surface area contributed by atoms with Crippen LogP contribution < -0.4 is 5.32 Å². The second kappa shape index (κ2) is 6.99. The number of carbonyl (C=O) groups excluding carboxylic acids is 2. The van der Waals surface area contributed by atoms with Gasteiger partial charge in [-0.3, -0.25) is 14.5 Å². The van der Waals surface area contributed by atoms with Crippen molar-refractivity contribution in [2.45, 2.75) is 65.0 Å². The first-order chi connectivity index (χ1) is 10.3. The fourth-order valence-electron chi connectivity index (χ4n) is 3.12. The lowest BCUT2D eigenvalue weighted by Crippen LogP contribution is -2.53. The van der Waals surface area contributed by atoms with Gasteiger partial charge in [0, 0.05) is 37.0 Å². The molecule has 2 rings (SSSR count). The molecule has 0 aromatic carbocycles. The Morgan fingerprint density at radius 2 is 1.91 bits per heavy atom. The lowest BCUT2D eigenvalue weighted by molar-refractivity contribution is -0.141. The lowest BCUT2D eigenvalue weighted by Gasteiger charge is -2.39. The molecule has 126 valence electrons. The van der Waals surface area contributed by atoms with Gasteiger partial charge in [-0.1, -0.05) is 20.8 Å². The number of ether oxygens (including phenoxy) is 1. The molecule has 1 aliphatic carbocycles. The Morgan fingerprint density at radius 3 is 2.45 bits per heavy atom. The minimum Gasteiger partial charge on any atom is -0.469 e. The second-order valence-corrected chi connectivity index (χ2v) is 7.82. The number of rotatable bonds is 5. The number of likely N-dealkylation sites (tertiary alicyclic amines) is 1. The van der Waals surface area contributed by atoms with Crippen molar-refractivity contribution in [2.24, 2.45) is 11.3 Å². The van der Waals surface area contributed by atoms with E-state index in [1.54, 1.807) is 0 Å². The highest BCUT2D eigenvalue weighted by molar-refractivity contribution is 5.81. The van der Waals surface area contributed by atoms with Crippen molar-refractivity contribution in [2.75, 3.05) is 20.2 Å². The highest BCUT2D eigenvalue weighted by atomic mass is 16.5. The van der Waals surface area contributed by atoms with Gasteiger partial charge in [0.15, 0.2) is 0 Å².